The number of amides is 1. The molecule has 7 nitrogen and oxygen atoms in total. The lowest BCUT2D eigenvalue weighted by Gasteiger charge is -2.10. The highest BCUT2D eigenvalue weighted by molar-refractivity contribution is 7.16. The van der Waals surface area contributed by atoms with Gasteiger partial charge in [0.1, 0.15) is 22.7 Å². The zero-order valence-corrected chi connectivity index (χ0v) is 21.3. The summed E-state index contributed by atoms with van der Waals surface area (Å²) in [6.07, 6.45) is 5.45. The molecule has 1 N–H and O–H groups in total. The van der Waals surface area contributed by atoms with E-state index in [0.717, 1.165) is 58.8 Å². The highest BCUT2D eigenvalue weighted by atomic mass is 32.1. The Morgan fingerprint density at radius 3 is 2.56 bits per heavy atom. The molecule has 1 aromatic carbocycles. The maximum Gasteiger partial charge on any atom is 0.338 e. The highest BCUT2D eigenvalue weighted by Gasteiger charge is 2.23. The number of carbonyl (C=O) groups is 2. The summed E-state index contributed by atoms with van der Waals surface area (Å²) < 4.78 is 7.04. The molecule has 8 heteroatoms. The Labute approximate surface area is 214 Å². The Balaban J connectivity index is 1.60. The van der Waals surface area contributed by atoms with E-state index in [1.54, 1.807) is 25.1 Å². The number of hydrogen-bond acceptors (Lipinski definition) is 6. The molecule has 0 saturated carbocycles. The van der Waals surface area contributed by atoms with Crippen molar-refractivity contribution >= 4 is 34.3 Å². The van der Waals surface area contributed by atoms with E-state index in [1.807, 2.05) is 42.7 Å². The average molecular weight is 499 g/mol. The molecule has 2 heterocycles. The van der Waals surface area contributed by atoms with E-state index in [-0.39, 0.29) is 11.5 Å². The quantitative estimate of drug-likeness (QED) is 0.269. The first-order chi connectivity index (χ1) is 17.4. The van der Waals surface area contributed by atoms with Crippen LogP contribution in [0.5, 0.6) is 0 Å². The van der Waals surface area contributed by atoms with Crippen LogP contribution in [0.15, 0.2) is 35.9 Å². The van der Waals surface area contributed by atoms with Crippen LogP contribution < -0.4 is 5.32 Å². The molecule has 0 fully saturated rings. The van der Waals surface area contributed by atoms with Crippen LogP contribution in [0.1, 0.15) is 63.1 Å². The van der Waals surface area contributed by atoms with Gasteiger partial charge in [-0.15, -0.1) is 11.3 Å². The second-order valence-electron chi connectivity index (χ2n) is 8.58. The molecule has 36 heavy (non-hydrogen) atoms. The first kappa shape index (κ1) is 25.0. The number of fused-ring (bicyclic) bond motifs is 1. The van der Waals surface area contributed by atoms with Crippen LogP contribution in [-0.4, -0.2) is 23.1 Å². The first-order valence-corrected chi connectivity index (χ1v) is 12.6. The van der Waals surface area contributed by atoms with Crippen molar-refractivity contribution in [2.75, 3.05) is 11.9 Å². The smallest absolute Gasteiger partial charge is 0.338 e. The number of carbonyl (C=O) groups excluding carboxylic acids is 2. The van der Waals surface area contributed by atoms with Crippen LogP contribution in [0, 0.1) is 36.5 Å². The molecule has 0 unspecified atom stereocenters. The van der Waals surface area contributed by atoms with Gasteiger partial charge < -0.3 is 14.6 Å². The Bertz CT molecular complexity index is 1450. The van der Waals surface area contributed by atoms with Crippen LogP contribution in [-0.2, 0) is 22.4 Å². The largest absolute Gasteiger partial charge is 0.462 e. The molecule has 182 valence electrons. The third-order valence-electron chi connectivity index (χ3n) is 6.28. The van der Waals surface area contributed by atoms with E-state index < -0.39 is 5.91 Å². The lowest BCUT2D eigenvalue weighted by Crippen LogP contribution is -2.13. The topological polar surface area (TPSA) is 108 Å². The van der Waals surface area contributed by atoms with Crippen LogP contribution in [0.3, 0.4) is 0 Å². The number of hydrogen-bond donors (Lipinski definition) is 1. The van der Waals surface area contributed by atoms with Crippen molar-refractivity contribution < 1.29 is 14.3 Å². The highest BCUT2D eigenvalue weighted by Crippen LogP contribution is 2.37. The van der Waals surface area contributed by atoms with Gasteiger partial charge in [0.2, 0.25) is 0 Å². The van der Waals surface area contributed by atoms with Gasteiger partial charge in [0.05, 0.1) is 17.7 Å². The summed E-state index contributed by atoms with van der Waals surface area (Å²) in [5.41, 5.74) is 5.33. The van der Waals surface area contributed by atoms with Crippen molar-refractivity contribution in [2.45, 2.75) is 46.5 Å². The summed E-state index contributed by atoms with van der Waals surface area (Å²) in [7, 11) is 0. The molecule has 4 rings (SSSR count). The molecule has 0 atom stereocenters. The lowest BCUT2D eigenvalue weighted by atomic mass is 9.96. The molecule has 0 saturated heterocycles. The molecule has 0 spiro atoms. The number of ether oxygens (including phenoxy) is 1. The molecule has 0 bridgehead atoms. The van der Waals surface area contributed by atoms with Crippen molar-refractivity contribution in [1.29, 1.82) is 10.5 Å². The second kappa shape index (κ2) is 10.6. The number of nitrogens with zero attached hydrogens (tertiary/aromatic N) is 3. The molecule has 0 aliphatic heterocycles. The van der Waals surface area contributed by atoms with Crippen LogP contribution in [0.2, 0.25) is 0 Å². The van der Waals surface area contributed by atoms with E-state index in [9.17, 15) is 20.1 Å². The molecular formula is C28H26N4O3S. The lowest BCUT2D eigenvalue weighted by molar-refractivity contribution is -0.112. The summed E-state index contributed by atoms with van der Waals surface area (Å²) in [6.45, 7) is 5.92. The van der Waals surface area contributed by atoms with Crippen molar-refractivity contribution in [1.82, 2.24) is 4.57 Å². The van der Waals surface area contributed by atoms with Gasteiger partial charge in [0, 0.05) is 22.0 Å². The third-order valence-corrected chi connectivity index (χ3v) is 7.49. The van der Waals surface area contributed by atoms with Crippen LogP contribution in [0.25, 0.3) is 11.8 Å². The van der Waals surface area contributed by atoms with E-state index in [2.05, 4.69) is 11.4 Å². The molecule has 2 aromatic heterocycles. The minimum absolute atomic E-state index is 0.0387. The number of anilines is 1. The Hall–Kier alpha value is -4.14. The SMILES string of the molecule is CCOC(=O)c1ccc(-n2c(C)cc(C=C(C#N)C(=O)Nc3sc4c(c3C#N)CCCC4)c2C)cc1. The van der Waals surface area contributed by atoms with Gasteiger partial charge in [-0.05, 0) is 94.0 Å². The van der Waals surface area contributed by atoms with Crippen molar-refractivity contribution in [2.24, 2.45) is 0 Å². The molecule has 0 radical (unpaired) electrons. The minimum atomic E-state index is -0.531. The minimum Gasteiger partial charge on any atom is -0.462 e. The fourth-order valence-corrected chi connectivity index (χ4v) is 5.77. The molecular weight excluding hydrogens is 472 g/mol. The molecule has 1 aliphatic carbocycles. The number of nitriles is 2. The number of thiophene rings is 1. The van der Waals surface area contributed by atoms with Crippen molar-refractivity contribution in [3.05, 3.63) is 74.4 Å². The number of nitrogens with one attached hydrogen (secondary N) is 1. The summed E-state index contributed by atoms with van der Waals surface area (Å²) in [5, 5.41) is 22.7. The standard InChI is InChI=1S/C28H26N4O3S/c1-4-35-28(34)19-9-11-22(12-10-19)32-17(2)13-20(18(32)3)14-21(15-29)26(33)31-27-24(16-30)23-7-5-6-8-25(23)36-27/h9-14H,4-8H2,1-3H3,(H,31,33). The van der Waals surface area contributed by atoms with Gasteiger partial charge in [-0.1, -0.05) is 0 Å². The van der Waals surface area contributed by atoms with E-state index in [1.165, 1.54) is 11.3 Å². The monoisotopic (exact) mass is 498 g/mol. The predicted octanol–water partition coefficient (Wildman–Crippen LogP) is 5.63. The number of rotatable bonds is 6. The Kier molecular flexibility index (Phi) is 7.38. The third kappa shape index (κ3) is 4.82. The second-order valence-corrected chi connectivity index (χ2v) is 9.69. The maximum atomic E-state index is 13.0. The number of aryl methyl sites for hydroxylation is 2. The fraction of sp³-hybridized carbons (Fsp3) is 0.286. The Morgan fingerprint density at radius 2 is 1.89 bits per heavy atom. The van der Waals surface area contributed by atoms with Gasteiger partial charge in [-0.25, -0.2) is 4.79 Å². The van der Waals surface area contributed by atoms with Crippen LogP contribution in [0.4, 0.5) is 5.00 Å². The zero-order chi connectivity index (χ0) is 25.8. The first-order valence-electron chi connectivity index (χ1n) is 11.8. The van der Waals surface area contributed by atoms with Gasteiger partial charge in [-0.3, -0.25) is 4.79 Å². The van der Waals surface area contributed by atoms with Gasteiger partial charge >= 0.3 is 5.97 Å². The van der Waals surface area contributed by atoms with Crippen LogP contribution >= 0.6 is 11.3 Å². The van der Waals surface area contributed by atoms with E-state index in [4.69, 9.17) is 4.74 Å². The number of benzene rings is 1. The Morgan fingerprint density at radius 1 is 1.17 bits per heavy atom. The molecule has 1 aliphatic rings. The number of aromatic nitrogens is 1. The molecule has 1 amide bonds. The van der Waals surface area contributed by atoms with Crippen molar-refractivity contribution in [3.8, 4) is 17.8 Å². The van der Waals surface area contributed by atoms with Gasteiger partial charge in [0.25, 0.3) is 5.91 Å². The average Bonchev–Trinajstić information content (AvgIpc) is 3.37. The summed E-state index contributed by atoms with van der Waals surface area (Å²) >= 11 is 1.43. The number of esters is 1. The summed E-state index contributed by atoms with van der Waals surface area (Å²) in [6, 6.07) is 13.2. The molecule has 3 aromatic rings. The van der Waals surface area contributed by atoms with Gasteiger partial charge in [0.15, 0.2) is 0 Å². The summed E-state index contributed by atoms with van der Waals surface area (Å²) in [5.74, 6) is -0.902. The summed E-state index contributed by atoms with van der Waals surface area (Å²) in [4.78, 5) is 26.1. The maximum absolute atomic E-state index is 13.0. The van der Waals surface area contributed by atoms with E-state index >= 15 is 0 Å². The van der Waals surface area contributed by atoms with E-state index in [0.29, 0.717) is 22.7 Å². The normalized spacial score (nSPS) is 12.9. The fourth-order valence-electron chi connectivity index (χ4n) is 4.54. The van der Waals surface area contributed by atoms with Gasteiger partial charge in [-0.2, -0.15) is 10.5 Å². The predicted molar refractivity (Wildman–Crippen MR) is 139 cm³/mol. The van der Waals surface area contributed by atoms with Crippen molar-refractivity contribution in [3.63, 3.8) is 0 Å². The zero-order valence-electron chi connectivity index (χ0n) is 20.5.